The Morgan fingerprint density at radius 1 is 1.20 bits per heavy atom. The van der Waals surface area contributed by atoms with Gasteiger partial charge in [0.2, 0.25) is 0 Å². The molecule has 15 heavy (non-hydrogen) atoms. The number of carboxylic acids is 1. The Labute approximate surface area is 88.0 Å². The molecular weight excluding hydrogens is 192 g/mol. The molecule has 0 fully saturated rings. The molecule has 78 valence electrons. The molecule has 3 heteroatoms. The topological polar surface area (TPSA) is 54.4 Å². The predicted octanol–water partition coefficient (Wildman–Crippen LogP) is 2.21. The van der Waals surface area contributed by atoms with Crippen LogP contribution in [0.5, 0.6) is 0 Å². The molecule has 1 rings (SSSR count). The Hall–Kier alpha value is -1.90. The van der Waals surface area contributed by atoms with Gasteiger partial charge in [0.25, 0.3) is 0 Å². The van der Waals surface area contributed by atoms with E-state index in [4.69, 9.17) is 5.11 Å². The summed E-state index contributed by atoms with van der Waals surface area (Å²) in [5.41, 5.74) is 1.80. The van der Waals surface area contributed by atoms with E-state index < -0.39 is 5.97 Å². The third-order valence-corrected chi connectivity index (χ3v) is 2.01. The molecule has 0 heterocycles. The van der Waals surface area contributed by atoms with Gasteiger partial charge in [-0.15, -0.1) is 0 Å². The first-order valence-corrected chi connectivity index (χ1v) is 4.53. The minimum absolute atomic E-state index is 0.228. The van der Waals surface area contributed by atoms with Crippen molar-refractivity contribution < 1.29 is 14.7 Å². The number of rotatable bonds is 3. The summed E-state index contributed by atoms with van der Waals surface area (Å²) in [6.07, 6.45) is 0.919. The van der Waals surface area contributed by atoms with Gasteiger partial charge in [-0.25, -0.2) is 4.79 Å². The molecule has 0 unspecified atom stereocenters. The van der Waals surface area contributed by atoms with Crippen LogP contribution in [-0.2, 0) is 4.79 Å². The molecule has 0 spiro atoms. The average Bonchev–Trinajstić information content (AvgIpc) is 2.17. The summed E-state index contributed by atoms with van der Waals surface area (Å²) in [4.78, 5) is 22.0. The number of aliphatic carboxylic acids is 1. The fourth-order valence-electron chi connectivity index (χ4n) is 1.18. The lowest BCUT2D eigenvalue weighted by molar-refractivity contribution is -0.131. The van der Waals surface area contributed by atoms with E-state index >= 15 is 0 Å². The van der Waals surface area contributed by atoms with Crippen LogP contribution in [0.3, 0.4) is 0 Å². The highest BCUT2D eigenvalue weighted by molar-refractivity contribution is 6.10. The van der Waals surface area contributed by atoms with Crippen molar-refractivity contribution in [3.63, 3.8) is 0 Å². The van der Waals surface area contributed by atoms with Gasteiger partial charge in [-0.1, -0.05) is 29.8 Å². The highest BCUT2D eigenvalue weighted by Gasteiger charge is 2.08. The summed E-state index contributed by atoms with van der Waals surface area (Å²) in [6, 6.07) is 7.02. The zero-order chi connectivity index (χ0) is 11.4. The molecule has 3 nitrogen and oxygen atoms in total. The number of carbonyl (C=O) groups is 2. The van der Waals surface area contributed by atoms with E-state index in [0.717, 1.165) is 11.6 Å². The van der Waals surface area contributed by atoms with Gasteiger partial charge in [0.15, 0.2) is 5.78 Å². The summed E-state index contributed by atoms with van der Waals surface area (Å²) in [5.74, 6) is -1.36. The maximum atomic E-state index is 11.7. The minimum Gasteiger partial charge on any atom is -0.478 e. The standard InChI is InChI=1S/C12H12O3/c1-8-3-5-10(6-4-8)12(15)9(2)7-11(13)14/h3-7H,1-2H3,(H,13,14)/b9-7-. The Bertz CT molecular complexity index is 413. The van der Waals surface area contributed by atoms with Gasteiger partial charge in [0.05, 0.1) is 0 Å². The van der Waals surface area contributed by atoms with Crippen molar-refractivity contribution in [1.29, 1.82) is 0 Å². The van der Waals surface area contributed by atoms with E-state index in [-0.39, 0.29) is 11.4 Å². The van der Waals surface area contributed by atoms with Crippen molar-refractivity contribution in [2.24, 2.45) is 0 Å². The van der Waals surface area contributed by atoms with Crippen LogP contribution in [0.2, 0.25) is 0 Å². The molecule has 0 aliphatic carbocycles. The van der Waals surface area contributed by atoms with Gasteiger partial charge in [0.1, 0.15) is 0 Å². The van der Waals surface area contributed by atoms with E-state index in [9.17, 15) is 9.59 Å². The molecule has 0 radical (unpaired) electrons. The van der Waals surface area contributed by atoms with Gasteiger partial charge in [-0.05, 0) is 13.8 Å². The number of ketones is 1. The highest BCUT2D eigenvalue weighted by atomic mass is 16.4. The molecule has 1 N–H and O–H groups in total. The summed E-state index contributed by atoms with van der Waals surface area (Å²) in [5, 5.41) is 8.50. The molecule has 0 saturated carbocycles. The monoisotopic (exact) mass is 204 g/mol. The van der Waals surface area contributed by atoms with Crippen LogP contribution >= 0.6 is 0 Å². The van der Waals surface area contributed by atoms with Gasteiger partial charge < -0.3 is 5.11 Å². The van der Waals surface area contributed by atoms with Crippen molar-refractivity contribution in [3.05, 3.63) is 47.0 Å². The third kappa shape index (κ3) is 3.06. The number of hydrogen-bond donors (Lipinski definition) is 1. The summed E-state index contributed by atoms with van der Waals surface area (Å²) in [7, 11) is 0. The number of hydrogen-bond acceptors (Lipinski definition) is 2. The van der Waals surface area contributed by atoms with E-state index in [0.29, 0.717) is 5.56 Å². The second kappa shape index (κ2) is 4.55. The zero-order valence-corrected chi connectivity index (χ0v) is 8.65. The van der Waals surface area contributed by atoms with Gasteiger partial charge in [0, 0.05) is 17.2 Å². The van der Waals surface area contributed by atoms with E-state index in [1.165, 1.54) is 6.92 Å². The normalized spacial score (nSPS) is 11.2. The maximum absolute atomic E-state index is 11.7. The number of carbonyl (C=O) groups excluding carboxylic acids is 1. The zero-order valence-electron chi connectivity index (χ0n) is 8.65. The summed E-state index contributed by atoms with van der Waals surface area (Å²) < 4.78 is 0. The number of carboxylic acid groups (broad SMARTS) is 1. The highest BCUT2D eigenvalue weighted by Crippen LogP contribution is 2.09. The average molecular weight is 204 g/mol. The largest absolute Gasteiger partial charge is 0.478 e. The number of aryl methyl sites for hydroxylation is 1. The minimum atomic E-state index is -1.10. The Morgan fingerprint density at radius 2 is 1.73 bits per heavy atom. The van der Waals surface area contributed by atoms with Crippen LogP contribution in [0.1, 0.15) is 22.8 Å². The first-order valence-electron chi connectivity index (χ1n) is 4.53. The van der Waals surface area contributed by atoms with Crippen LogP contribution in [-0.4, -0.2) is 16.9 Å². The van der Waals surface area contributed by atoms with Crippen LogP contribution in [0, 0.1) is 6.92 Å². The van der Waals surface area contributed by atoms with Crippen molar-refractivity contribution >= 4 is 11.8 Å². The summed E-state index contributed by atoms with van der Waals surface area (Å²) in [6.45, 7) is 3.42. The number of benzene rings is 1. The SMILES string of the molecule is C/C(=C/C(=O)O)C(=O)c1ccc(C)cc1. The van der Waals surface area contributed by atoms with Crippen LogP contribution in [0.25, 0.3) is 0 Å². The Morgan fingerprint density at radius 3 is 2.20 bits per heavy atom. The fourth-order valence-corrected chi connectivity index (χ4v) is 1.18. The first-order chi connectivity index (χ1) is 7.00. The van der Waals surface area contributed by atoms with Gasteiger partial charge in [-0.3, -0.25) is 4.79 Å². The van der Waals surface area contributed by atoms with Crippen molar-refractivity contribution in [2.45, 2.75) is 13.8 Å². The van der Waals surface area contributed by atoms with Crippen molar-refractivity contribution in [3.8, 4) is 0 Å². The van der Waals surface area contributed by atoms with E-state index in [2.05, 4.69) is 0 Å². The number of Topliss-reactive ketones (excluding diaryl/α,β-unsaturated/α-hetero) is 1. The molecule has 0 aliphatic rings. The van der Waals surface area contributed by atoms with Gasteiger partial charge in [-0.2, -0.15) is 0 Å². The Balaban J connectivity index is 2.95. The smallest absolute Gasteiger partial charge is 0.328 e. The predicted molar refractivity (Wildman–Crippen MR) is 56.9 cm³/mol. The van der Waals surface area contributed by atoms with Gasteiger partial charge >= 0.3 is 5.97 Å². The van der Waals surface area contributed by atoms with E-state index in [1.54, 1.807) is 12.1 Å². The third-order valence-electron chi connectivity index (χ3n) is 2.01. The Kier molecular flexibility index (Phi) is 3.39. The lowest BCUT2D eigenvalue weighted by Crippen LogP contribution is -2.03. The summed E-state index contributed by atoms with van der Waals surface area (Å²) >= 11 is 0. The molecule has 0 amide bonds. The quantitative estimate of drug-likeness (QED) is 0.606. The van der Waals surface area contributed by atoms with E-state index in [1.807, 2.05) is 19.1 Å². The molecular formula is C12H12O3. The second-order valence-corrected chi connectivity index (χ2v) is 3.36. The fraction of sp³-hybridized carbons (Fsp3) is 0.167. The van der Waals surface area contributed by atoms with Crippen molar-refractivity contribution in [1.82, 2.24) is 0 Å². The molecule has 1 aromatic rings. The van der Waals surface area contributed by atoms with Crippen LogP contribution in [0.4, 0.5) is 0 Å². The molecule has 0 bridgehead atoms. The molecule has 0 aromatic heterocycles. The van der Waals surface area contributed by atoms with Crippen LogP contribution in [0.15, 0.2) is 35.9 Å². The van der Waals surface area contributed by atoms with Crippen molar-refractivity contribution in [2.75, 3.05) is 0 Å². The molecule has 1 aromatic carbocycles. The molecule has 0 aliphatic heterocycles. The maximum Gasteiger partial charge on any atom is 0.328 e. The number of allylic oxidation sites excluding steroid dienone is 1. The molecule has 0 saturated heterocycles. The first kappa shape index (κ1) is 11.2. The second-order valence-electron chi connectivity index (χ2n) is 3.36. The molecule has 0 atom stereocenters. The lowest BCUT2D eigenvalue weighted by Gasteiger charge is -2.00. The lowest BCUT2D eigenvalue weighted by atomic mass is 10.0. The van der Waals surface area contributed by atoms with Crippen LogP contribution < -0.4 is 0 Å².